The van der Waals surface area contributed by atoms with Crippen LogP contribution in [0.1, 0.15) is 12.8 Å². The van der Waals surface area contributed by atoms with Gasteiger partial charge in [0, 0.05) is 24.7 Å². The number of nitrogens with zero attached hydrogens (tertiary/aromatic N) is 1. The van der Waals surface area contributed by atoms with Crippen LogP contribution in [0.5, 0.6) is 0 Å². The van der Waals surface area contributed by atoms with Gasteiger partial charge in [-0.1, -0.05) is 0 Å². The van der Waals surface area contributed by atoms with Crippen molar-refractivity contribution in [3.05, 3.63) is 28.7 Å². The molecule has 0 radical (unpaired) electrons. The van der Waals surface area contributed by atoms with Crippen LogP contribution >= 0.6 is 0 Å². The summed E-state index contributed by atoms with van der Waals surface area (Å²) < 4.78 is 23.2. The number of benzene rings is 1. The van der Waals surface area contributed by atoms with Crippen LogP contribution in [-0.2, 0) is 19.4 Å². The summed E-state index contributed by atoms with van der Waals surface area (Å²) in [6.45, 7) is 0.230. The Hall–Kier alpha value is -2.62. The fraction of sp³-hybridized carbons (Fsp3) is 0.438. The molecule has 2 atom stereocenters. The van der Waals surface area contributed by atoms with Gasteiger partial charge in [-0.3, -0.25) is 9.59 Å². The average molecular weight is 378 g/mol. The summed E-state index contributed by atoms with van der Waals surface area (Å²) in [4.78, 5) is 42.8. The molecule has 1 aromatic carbocycles. The highest BCUT2D eigenvalue weighted by Gasteiger charge is 2.41. The zero-order valence-electron chi connectivity index (χ0n) is 13.8. The number of hydrogen-bond donors (Lipinski definition) is 3. The monoisotopic (exact) mass is 378 g/mol. The number of anilines is 1. The summed E-state index contributed by atoms with van der Waals surface area (Å²) in [6, 6.07) is 4.66. The first-order valence-electron chi connectivity index (χ1n) is 8.33. The SMILES string of the molecule is O=C(Nc1ccc2[nH]c(=O)[nH]c2c1)[C@H]1CC(=O)N([C@@H]2CCS(=O)(=O)C2)C1. The molecule has 1 aromatic heterocycles. The molecule has 2 aliphatic rings. The number of carbonyl (C=O) groups is 2. The highest BCUT2D eigenvalue weighted by atomic mass is 32.2. The predicted octanol–water partition coefficient (Wildman–Crippen LogP) is -0.170. The molecule has 2 fully saturated rings. The molecule has 0 saturated carbocycles. The molecule has 0 bridgehead atoms. The van der Waals surface area contributed by atoms with Crippen LogP contribution < -0.4 is 11.0 Å². The van der Waals surface area contributed by atoms with Crippen molar-refractivity contribution in [1.29, 1.82) is 0 Å². The van der Waals surface area contributed by atoms with Gasteiger partial charge in [0.15, 0.2) is 9.84 Å². The molecule has 4 rings (SSSR count). The molecule has 3 heterocycles. The lowest BCUT2D eigenvalue weighted by molar-refractivity contribution is -0.129. The molecular formula is C16H18N4O5S. The quantitative estimate of drug-likeness (QED) is 0.682. The number of H-pyrrole nitrogens is 2. The summed E-state index contributed by atoms with van der Waals surface area (Å²) in [5.41, 5.74) is 1.41. The summed E-state index contributed by atoms with van der Waals surface area (Å²) in [6.07, 6.45) is 0.506. The Bertz CT molecular complexity index is 1050. The zero-order valence-corrected chi connectivity index (χ0v) is 14.6. The first-order chi connectivity index (χ1) is 12.3. The van der Waals surface area contributed by atoms with E-state index in [1.165, 1.54) is 4.90 Å². The summed E-state index contributed by atoms with van der Waals surface area (Å²) >= 11 is 0. The minimum absolute atomic E-state index is 0.0232. The second kappa shape index (κ2) is 5.97. The summed E-state index contributed by atoms with van der Waals surface area (Å²) in [5.74, 6) is -0.930. The van der Waals surface area contributed by atoms with Gasteiger partial charge in [-0.15, -0.1) is 0 Å². The van der Waals surface area contributed by atoms with Gasteiger partial charge >= 0.3 is 5.69 Å². The van der Waals surface area contributed by atoms with E-state index in [0.29, 0.717) is 23.1 Å². The molecule has 9 nitrogen and oxygen atoms in total. The smallest absolute Gasteiger partial charge is 0.323 e. The number of fused-ring (bicyclic) bond motifs is 1. The number of likely N-dealkylation sites (tertiary alicyclic amines) is 1. The van der Waals surface area contributed by atoms with Crippen LogP contribution in [0.15, 0.2) is 23.0 Å². The Labute approximate surface area is 148 Å². The zero-order chi connectivity index (χ0) is 18.5. The van der Waals surface area contributed by atoms with Crippen LogP contribution in [-0.4, -0.2) is 59.2 Å². The molecule has 0 spiro atoms. The van der Waals surface area contributed by atoms with Crippen molar-refractivity contribution in [3.8, 4) is 0 Å². The van der Waals surface area contributed by atoms with Gasteiger partial charge in [0.1, 0.15) is 0 Å². The van der Waals surface area contributed by atoms with Gasteiger partial charge in [0.2, 0.25) is 11.8 Å². The van der Waals surface area contributed by atoms with Crippen molar-refractivity contribution < 1.29 is 18.0 Å². The number of aromatic nitrogens is 2. The molecule has 3 N–H and O–H groups in total. The summed E-state index contributed by atoms with van der Waals surface area (Å²) in [7, 11) is -3.09. The van der Waals surface area contributed by atoms with E-state index in [1.807, 2.05) is 0 Å². The second-order valence-corrected chi connectivity index (χ2v) is 9.06. The maximum Gasteiger partial charge on any atom is 0.323 e. The Morgan fingerprint density at radius 2 is 1.96 bits per heavy atom. The number of rotatable bonds is 3. The van der Waals surface area contributed by atoms with Crippen molar-refractivity contribution >= 4 is 38.4 Å². The first kappa shape index (κ1) is 16.8. The molecule has 2 aliphatic heterocycles. The van der Waals surface area contributed by atoms with E-state index in [1.54, 1.807) is 18.2 Å². The standard InChI is InChI=1S/C16H18N4O5S/c21-14-5-9(7-20(14)11-3-4-26(24,25)8-11)15(22)17-10-1-2-12-13(6-10)19-16(23)18-12/h1-2,6,9,11H,3-5,7-8H2,(H,17,22)(H2,18,19,23)/t9-,11+/m0/s1. The fourth-order valence-corrected chi connectivity index (χ4v) is 5.37. The third-order valence-electron chi connectivity index (χ3n) is 4.96. The number of aromatic amines is 2. The van der Waals surface area contributed by atoms with Crippen molar-refractivity contribution in [2.24, 2.45) is 5.92 Å². The van der Waals surface area contributed by atoms with E-state index in [4.69, 9.17) is 0 Å². The van der Waals surface area contributed by atoms with Crippen LogP contribution in [0.2, 0.25) is 0 Å². The maximum atomic E-state index is 12.5. The first-order valence-corrected chi connectivity index (χ1v) is 10.2. The van der Waals surface area contributed by atoms with Crippen LogP contribution in [0.4, 0.5) is 5.69 Å². The van der Waals surface area contributed by atoms with Crippen molar-refractivity contribution in [1.82, 2.24) is 14.9 Å². The molecule has 2 saturated heterocycles. The topological polar surface area (TPSA) is 132 Å². The highest BCUT2D eigenvalue weighted by Crippen LogP contribution is 2.27. The van der Waals surface area contributed by atoms with E-state index in [0.717, 1.165) is 0 Å². The number of hydrogen-bond acceptors (Lipinski definition) is 5. The van der Waals surface area contributed by atoms with E-state index in [-0.39, 0.29) is 48.0 Å². The number of carbonyl (C=O) groups excluding carboxylic acids is 2. The van der Waals surface area contributed by atoms with Gasteiger partial charge in [-0.25, -0.2) is 13.2 Å². The van der Waals surface area contributed by atoms with Crippen molar-refractivity contribution in [2.75, 3.05) is 23.4 Å². The predicted molar refractivity (Wildman–Crippen MR) is 94.4 cm³/mol. The Balaban J connectivity index is 1.45. The maximum absolute atomic E-state index is 12.5. The van der Waals surface area contributed by atoms with Crippen molar-refractivity contribution in [3.63, 3.8) is 0 Å². The van der Waals surface area contributed by atoms with Crippen molar-refractivity contribution in [2.45, 2.75) is 18.9 Å². The Morgan fingerprint density at radius 3 is 2.69 bits per heavy atom. The lowest BCUT2D eigenvalue weighted by Crippen LogP contribution is -2.38. The second-order valence-electron chi connectivity index (χ2n) is 6.83. The number of nitrogens with one attached hydrogen (secondary N) is 3. The van der Waals surface area contributed by atoms with Gasteiger partial charge in [-0.05, 0) is 24.6 Å². The average Bonchev–Trinajstić information content (AvgIpc) is 3.22. The largest absolute Gasteiger partial charge is 0.338 e. The summed E-state index contributed by atoms with van der Waals surface area (Å²) in [5, 5.41) is 2.76. The molecule has 138 valence electrons. The van der Waals surface area contributed by atoms with E-state index < -0.39 is 15.8 Å². The lowest BCUT2D eigenvalue weighted by Gasteiger charge is -2.22. The molecule has 0 unspecified atom stereocenters. The molecule has 2 aromatic rings. The normalized spacial score (nSPS) is 25.1. The molecular weight excluding hydrogens is 360 g/mol. The molecule has 10 heteroatoms. The third kappa shape index (κ3) is 3.12. The van der Waals surface area contributed by atoms with Gasteiger partial charge < -0.3 is 20.2 Å². The van der Waals surface area contributed by atoms with Gasteiger partial charge in [0.05, 0.1) is 28.5 Å². The van der Waals surface area contributed by atoms with Gasteiger partial charge in [-0.2, -0.15) is 0 Å². The molecule has 0 aliphatic carbocycles. The third-order valence-corrected chi connectivity index (χ3v) is 6.71. The Morgan fingerprint density at radius 1 is 1.19 bits per heavy atom. The number of imidazole rings is 1. The van der Waals surface area contributed by atoms with Crippen LogP contribution in [0, 0.1) is 5.92 Å². The van der Waals surface area contributed by atoms with E-state index >= 15 is 0 Å². The minimum atomic E-state index is -3.09. The number of sulfone groups is 1. The molecule has 2 amide bonds. The van der Waals surface area contributed by atoms with Gasteiger partial charge in [0.25, 0.3) is 0 Å². The van der Waals surface area contributed by atoms with E-state index in [2.05, 4.69) is 15.3 Å². The Kier molecular flexibility index (Phi) is 3.87. The lowest BCUT2D eigenvalue weighted by atomic mass is 10.1. The minimum Gasteiger partial charge on any atom is -0.338 e. The molecule has 26 heavy (non-hydrogen) atoms. The van der Waals surface area contributed by atoms with Crippen LogP contribution in [0.3, 0.4) is 0 Å². The number of amides is 2. The van der Waals surface area contributed by atoms with Crippen LogP contribution in [0.25, 0.3) is 11.0 Å². The highest BCUT2D eigenvalue weighted by molar-refractivity contribution is 7.91. The fourth-order valence-electron chi connectivity index (χ4n) is 3.64. The van der Waals surface area contributed by atoms with E-state index in [9.17, 15) is 22.8 Å².